The second-order valence-corrected chi connectivity index (χ2v) is 9.51. The molecule has 0 amide bonds. The van der Waals surface area contributed by atoms with Gasteiger partial charge >= 0.3 is 0 Å². The first-order chi connectivity index (χ1) is 12.3. The molecule has 26 heavy (non-hydrogen) atoms. The summed E-state index contributed by atoms with van der Waals surface area (Å²) in [5, 5.41) is 0.498. The zero-order valence-corrected chi connectivity index (χ0v) is 16.9. The molecule has 3 rings (SSSR count). The van der Waals surface area contributed by atoms with Crippen LogP contribution in [-0.4, -0.2) is 49.6 Å². The average molecular weight is 397 g/mol. The first kappa shape index (κ1) is 19.4. The van der Waals surface area contributed by atoms with Crippen molar-refractivity contribution in [1.82, 2.24) is 9.21 Å². The van der Waals surface area contributed by atoms with Crippen molar-refractivity contribution < 1.29 is 13.2 Å². The van der Waals surface area contributed by atoms with Crippen molar-refractivity contribution in [2.45, 2.75) is 49.6 Å². The van der Waals surface area contributed by atoms with Gasteiger partial charge in [-0.2, -0.15) is 4.31 Å². The highest BCUT2D eigenvalue weighted by molar-refractivity contribution is 7.89. The SMILES string of the molecule is CCC1C(=O)/C(=C\N(C)C)C2CCCC1N2S(=O)(=O)c1ccc(Cl)cc1. The predicted octanol–water partition coefficient (Wildman–Crippen LogP) is 3.31. The predicted molar refractivity (Wildman–Crippen MR) is 102 cm³/mol. The molecule has 0 N–H and O–H groups in total. The van der Waals surface area contributed by atoms with E-state index in [2.05, 4.69) is 0 Å². The van der Waals surface area contributed by atoms with Gasteiger partial charge in [-0.3, -0.25) is 4.79 Å². The topological polar surface area (TPSA) is 57.7 Å². The lowest BCUT2D eigenvalue weighted by Crippen LogP contribution is -2.60. The normalized spacial score (nSPS) is 28.4. The van der Waals surface area contributed by atoms with Crippen LogP contribution in [0, 0.1) is 5.92 Å². The van der Waals surface area contributed by atoms with Gasteiger partial charge < -0.3 is 4.90 Å². The van der Waals surface area contributed by atoms with E-state index in [1.54, 1.807) is 34.8 Å². The van der Waals surface area contributed by atoms with Crippen LogP contribution in [-0.2, 0) is 14.8 Å². The second-order valence-electron chi connectivity index (χ2n) is 7.23. The van der Waals surface area contributed by atoms with E-state index >= 15 is 0 Å². The number of rotatable bonds is 4. The average Bonchev–Trinajstić information content (AvgIpc) is 2.59. The van der Waals surface area contributed by atoms with Crippen molar-refractivity contribution in [3.8, 4) is 0 Å². The Morgan fingerprint density at radius 1 is 1.23 bits per heavy atom. The van der Waals surface area contributed by atoms with E-state index in [0.29, 0.717) is 23.4 Å². The minimum atomic E-state index is -3.71. The van der Waals surface area contributed by atoms with Gasteiger partial charge in [-0.15, -0.1) is 0 Å². The summed E-state index contributed by atoms with van der Waals surface area (Å²) in [5.41, 5.74) is 0.607. The first-order valence-corrected chi connectivity index (χ1v) is 10.8. The van der Waals surface area contributed by atoms with Crippen LogP contribution in [0.25, 0.3) is 0 Å². The van der Waals surface area contributed by atoms with Crippen LogP contribution in [0.5, 0.6) is 0 Å². The van der Waals surface area contributed by atoms with Crippen molar-refractivity contribution in [2.75, 3.05) is 14.1 Å². The largest absolute Gasteiger partial charge is 0.383 e. The van der Waals surface area contributed by atoms with Crippen LogP contribution < -0.4 is 0 Å². The lowest BCUT2D eigenvalue weighted by atomic mass is 9.75. The number of Topliss-reactive ketones (excluding diaryl/α,β-unsaturated/α-hetero) is 1. The Balaban J connectivity index is 2.12. The Morgan fingerprint density at radius 2 is 1.88 bits per heavy atom. The second kappa shape index (κ2) is 7.33. The molecule has 3 unspecified atom stereocenters. The van der Waals surface area contributed by atoms with Gasteiger partial charge in [-0.05, 0) is 49.9 Å². The Kier molecular flexibility index (Phi) is 5.47. The van der Waals surface area contributed by atoms with Gasteiger partial charge in [-0.1, -0.05) is 18.5 Å². The highest BCUT2D eigenvalue weighted by Gasteiger charge is 2.51. The van der Waals surface area contributed by atoms with Crippen LogP contribution in [0.2, 0.25) is 5.02 Å². The number of fused-ring (bicyclic) bond motifs is 2. The van der Waals surface area contributed by atoms with Gasteiger partial charge in [0.15, 0.2) is 5.78 Å². The molecule has 0 spiro atoms. The molecule has 1 aromatic rings. The van der Waals surface area contributed by atoms with Crippen molar-refractivity contribution in [3.63, 3.8) is 0 Å². The molecular formula is C19H25ClN2O3S. The first-order valence-electron chi connectivity index (χ1n) is 8.98. The monoisotopic (exact) mass is 396 g/mol. The minimum absolute atomic E-state index is 0.0958. The van der Waals surface area contributed by atoms with Gasteiger partial charge in [0.1, 0.15) is 0 Å². The van der Waals surface area contributed by atoms with E-state index in [1.807, 2.05) is 25.9 Å². The smallest absolute Gasteiger partial charge is 0.243 e. The fourth-order valence-electron chi connectivity index (χ4n) is 4.19. The summed E-state index contributed by atoms with van der Waals surface area (Å²) in [5.74, 6) is -0.196. The highest BCUT2D eigenvalue weighted by atomic mass is 35.5. The minimum Gasteiger partial charge on any atom is -0.383 e. The Morgan fingerprint density at radius 3 is 2.46 bits per heavy atom. The van der Waals surface area contributed by atoms with Gasteiger partial charge in [0.05, 0.1) is 10.9 Å². The van der Waals surface area contributed by atoms with E-state index in [1.165, 1.54) is 0 Å². The van der Waals surface area contributed by atoms with Crippen LogP contribution in [0.4, 0.5) is 0 Å². The molecule has 0 radical (unpaired) electrons. The highest BCUT2D eigenvalue weighted by Crippen LogP contribution is 2.43. The molecule has 3 atom stereocenters. The molecule has 2 fully saturated rings. The number of halogens is 1. The fourth-order valence-corrected chi connectivity index (χ4v) is 6.20. The maximum Gasteiger partial charge on any atom is 0.243 e. The van der Waals surface area contributed by atoms with Crippen molar-refractivity contribution >= 4 is 27.4 Å². The number of nitrogens with zero attached hydrogens (tertiary/aromatic N) is 2. The zero-order chi connectivity index (χ0) is 19.1. The third-order valence-electron chi connectivity index (χ3n) is 5.28. The fraction of sp³-hybridized carbons (Fsp3) is 0.526. The van der Waals surface area contributed by atoms with E-state index in [4.69, 9.17) is 11.6 Å². The molecule has 0 aromatic heterocycles. The quantitative estimate of drug-likeness (QED) is 0.732. The Bertz CT molecular complexity index is 818. The van der Waals surface area contributed by atoms with E-state index in [9.17, 15) is 13.2 Å². The number of carbonyl (C=O) groups is 1. The maximum absolute atomic E-state index is 13.4. The molecule has 2 bridgehead atoms. The van der Waals surface area contributed by atoms with Gasteiger partial charge in [0.2, 0.25) is 10.0 Å². The lowest BCUT2D eigenvalue weighted by Gasteiger charge is -2.49. The number of carbonyl (C=O) groups excluding carboxylic acids is 1. The summed E-state index contributed by atoms with van der Waals surface area (Å²) >= 11 is 5.92. The Hall–Kier alpha value is -1.37. The van der Waals surface area contributed by atoms with Gasteiger partial charge in [-0.25, -0.2) is 8.42 Å². The van der Waals surface area contributed by atoms with E-state index in [0.717, 1.165) is 12.8 Å². The number of hydrogen-bond acceptors (Lipinski definition) is 4. The lowest BCUT2D eigenvalue weighted by molar-refractivity contribution is -0.125. The molecule has 2 aliphatic rings. The summed E-state index contributed by atoms with van der Waals surface area (Å²) in [7, 11) is 0.000643. The summed E-state index contributed by atoms with van der Waals surface area (Å²) in [6.45, 7) is 1.96. The molecule has 142 valence electrons. The Labute approximate surface area is 160 Å². The van der Waals surface area contributed by atoms with Crippen LogP contribution in [0.15, 0.2) is 40.9 Å². The summed E-state index contributed by atoms with van der Waals surface area (Å²) in [4.78, 5) is 15.1. The van der Waals surface area contributed by atoms with Crippen LogP contribution in [0.3, 0.4) is 0 Å². The molecule has 5 nitrogen and oxygen atoms in total. The molecule has 0 aliphatic carbocycles. The van der Waals surface area contributed by atoms with Crippen molar-refractivity contribution in [2.24, 2.45) is 5.92 Å². The van der Waals surface area contributed by atoms with Crippen LogP contribution in [0.1, 0.15) is 32.6 Å². The van der Waals surface area contributed by atoms with Gasteiger partial charge in [0, 0.05) is 42.9 Å². The standard InChI is InChI=1S/C19H25ClN2O3S/c1-4-15-17-6-5-7-18(16(19(15)23)12-21(2)3)22(17)26(24,25)14-10-8-13(20)9-11-14/h8-12,15,17-18H,4-7H2,1-3H3/b16-12-. The molecule has 2 saturated heterocycles. The number of piperidine rings is 2. The van der Waals surface area contributed by atoms with Crippen LogP contribution >= 0.6 is 11.6 Å². The molecule has 2 aliphatic heterocycles. The summed E-state index contributed by atoms with van der Waals surface area (Å²) in [6.07, 6.45) is 4.75. The molecule has 7 heteroatoms. The van der Waals surface area contributed by atoms with E-state index < -0.39 is 16.1 Å². The summed E-state index contributed by atoms with van der Waals surface area (Å²) < 4.78 is 28.5. The molecule has 0 saturated carbocycles. The number of sulfonamides is 1. The van der Waals surface area contributed by atoms with Crippen molar-refractivity contribution in [1.29, 1.82) is 0 Å². The number of ketones is 1. The molecule has 2 heterocycles. The third-order valence-corrected chi connectivity index (χ3v) is 7.48. The van der Waals surface area contributed by atoms with E-state index in [-0.39, 0.29) is 22.6 Å². The maximum atomic E-state index is 13.4. The number of benzene rings is 1. The number of hydrogen-bond donors (Lipinski definition) is 0. The van der Waals surface area contributed by atoms with Gasteiger partial charge in [0.25, 0.3) is 0 Å². The molecular weight excluding hydrogens is 372 g/mol. The molecule has 1 aromatic carbocycles. The summed E-state index contributed by atoms with van der Waals surface area (Å²) in [6, 6.07) is 5.60. The third kappa shape index (κ3) is 3.30. The van der Waals surface area contributed by atoms with Crippen molar-refractivity contribution in [3.05, 3.63) is 41.1 Å². The zero-order valence-electron chi connectivity index (χ0n) is 15.4.